The summed E-state index contributed by atoms with van der Waals surface area (Å²) >= 11 is 0. The summed E-state index contributed by atoms with van der Waals surface area (Å²) < 4.78 is 12.9. The average Bonchev–Trinajstić information content (AvgIpc) is 2.76. The molecule has 0 N–H and O–H groups in total. The van der Waals surface area contributed by atoms with Crippen LogP contribution in [0.25, 0.3) is 0 Å². The van der Waals surface area contributed by atoms with E-state index in [2.05, 4.69) is 20.8 Å². The summed E-state index contributed by atoms with van der Waals surface area (Å²) in [5, 5.41) is 0. The van der Waals surface area contributed by atoms with E-state index in [9.17, 15) is 0 Å². The topological polar surface area (TPSA) is 18.5 Å². The number of rotatable bonds is 1. The first-order chi connectivity index (χ1) is 9.02. The second-order valence-corrected chi connectivity index (χ2v) is 8.24. The van der Waals surface area contributed by atoms with Gasteiger partial charge in [0.25, 0.3) is 0 Å². The molecule has 3 heteroatoms. The van der Waals surface area contributed by atoms with E-state index in [0.717, 1.165) is 5.92 Å². The van der Waals surface area contributed by atoms with E-state index in [1.165, 1.54) is 44.9 Å². The van der Waals surface area contributed by atoms with Gasteiger partial charge in [0.2, 0.25) is 0 Å². The lowest BCUT2D eigenvalue weighted by atomic mass is 9.43. The molecule has 0 spiro atoms. The molecule has 19 heavy (non-hydrogen) atoms. The SMILES string of the molecule is CC1(C)C2CC1[C@]1(C)OB(C3CCCCC3)O[C@H]1C2. The van der Waals surface area contributed by atoms with E-state index in [4.69, 9.17) is 9.31 Å². The lowest BCUT2D eigenvalue weighted by Gasteiger charge is -2.64. The highest BCUT2D eigenvalue weighted by molar-refractivity contribution is 6.47. The van der Waals surface area contributed by atoms with Crippen LogP contribution in [0.15, 0.2) is 0 Å². The third kappa shape index (κ3) is 1.64. The van der Waals surface area contributed by atoms with Gasteiger partial charge in [0.1, 0.15) is 0 Å². The van der Waals surface area contributed by atoms with Gasteiger partial charge in [-0.15, -0.1) is 0 Å². The maximum Gasteiger partial charge on any atom is 0.460 e. The summed E-state index contributed by atoms with van der Waals surface area (Å²) in [6, 6.07) is 0. The summed E-state index contributed by atoms with van der Waals surface area (Å²) in [5.41, 5.74) is 0.469. The zero-order valence-electron chi connectivity index (χ0n) is 12.7. The molecule has 2 unspecified atom stereocenters. The van der Waals surface area contributed by atoms with Gasteiger partial charge in [0.15, 0.2) is 0 Å². The Hall–Kier alpha value is -0.0151. The van der Waals surface area contributed by atoms with Crippen LogP contribution in [0.4, 0.5) is 0 Å². The molecule has 0 amide bonds. The van der Waals surface area contributed by atoms with Gasteiger partial charge in [-0.2, -0.15) is 0 Å². The molecule has 106 valence electrons. The minimum atomic E-state index is 0.000361. The second kappa shape index (κ2) is 4.01. The van der Waals surface area contributed by atoms with Gasteiger partial charge in [0.05, 0.1) is 11.7 Å². The van der Waals surface area contributed by atoms with Gasteiger partial charge in [-0.25, -0.2) is 0 Å². The Kier molecular flexibility index (Phi) is 2.68. The number of hydrogen-bond donors (Lipinski definition) is 0. The highest BCUT2D eigenvalue weighted by Crippen LogP contribution is 2.66. The molecule has 5 rings (SSSR count). The highest BCUT2D eigenvalue weighted by Gasteiger charge is 2.68. The minimum absolute atomic E-state index is 0.000361. The standard InChI is InChI=1S/C16H27BO2/c1-15(2)11-9-13(15)16(3)14(10-11)18-17(19-16)12-7-5-4-6-8-12/h11-14H,4-10H2,1-3H3/t11?,13?,14-,16-/m0/s1. The van der Waals surface area contributed by atoms with E-state index in [0.29, 0.717) is 23.3 Å². The highest BCUT2D eigenvalue weighted by atomic mass is 16.7. The maximum absolute atomic E-state index is 6.56. The summed E-state index contributed by atoms with van der Waals surface area (Å²) in [7, 11) is 0.102. The first kappa shape index (κ1) is 12.7. The van der Waals surface area contributed by atoms with Crippen molar-refractivity contribution >= 4 is 7.12 Å². The van der Waals surface area contributed by atoms with Crippen molar-refractivity contribution in [1.82, 2.24) is 0 Å². The zero-order valence-corrected chi connectivity index (χ0v) is 12.7. The Labute approximate surface area is 117 Å². The third-order valence-electron chi connectivity index (χ3n) is 7.00. The molecule has 2 bridgehead atoms. The Bertz CT molecular complexity index is 377. The maximum atomic E-state index is 6.56. The molecule has 0 aromatic rings. The van der Waals surface area contributed by atoms with Crippen LogP contribution in [0.3, 0.4) is 0 Å². The largest absolute Gasteiger partial charge is 0.460 e. The quantitative estimate of drug-likeness (QED) is 0.664. The Balaban J connectivity index is 1.53. The lowest BCUT2D eigenvalue weighted by molar-refractivity contribution is -0.199. The number of hydrogen-bond acceptors (Lipinski definition) is 2. The second-order valence-electron chi connectivity index (χ2n) is 8.24. The molecule has 2 nitrogen and oxygen atoms in total. The fourth-order valence-corrected chi connectivity index (χ4v) is 5.51. The van der Waals surface area contributed by atoms with Gasteiger partial charge in [-0.3, -0.25) is 0 Å². The normalized spacial score (nSPS) is 48.8. The van der Waals surface area contributed by atoms with Crippen LogP contribution in [-0.4, -0.2) is 18.8 Å². The Morgan fingerprint density at radius 2 is 1.74 bits per heavy atom. The Morgan fingerprint density at radius 1 is 1.00 bits per heavy atom. The summed E-state index contributed by atoms with van der Waals surface area (Å²) in [6.07, 6.45) is 9.72. The van der Waals surface area contributed by atoms with Gasteiger partial charge in [-0.1, -0.05) is 46.0 Å². The molecule has 1 aliphatic heterocycles. The predicted molar refractivity (Wildman–Crippen MR) is 76.9 cm³/mol. The fraction of sp³-hybridized carbons (Fsp3) is 1.00. The lowest BCUT2D eigenvalue weighted by Crippen LogP contribution is -2.65. The zero-order chi connectivity index (χ0) is 13.3. The van der Waals surface area contributed by atoms with E-state index in [1.807, 2.05) is 0 Å². The fourth-order valence-electron chi connectivity index (χ4n) is 5.51. The molecule has 0 radical (unpaired) electrons. The van der Waals surface area contributed by atoms with Gasteiger partial charge in [0, 0.05) is 0 Å². The molecule has 4 saturated carbocycles. The predicted octanol–water partition coefficient (Wildman–Crippen LogP) is 4.05. The van der Waals surface area contributed by atoms with Crippen LogP contribution in [0, 0.1) is 17.3 Å². The smallest absolute Gasteiger partial charge is 0.405 e. The monoisotopic (exact) mass is 262 g/mol. The van der Waals surface area contributed by atoms with Crippen LogP contribution < -0.4 is 0 Å². The Morgan fingerprint density at radius 3 is 2.42 bits per heavy atom. The average molecular weight is 262 g/mol. The minimum Gasteiger partial charge on any atom is -0.405 e. The first-order valence-electron chi connectivity index (χ1n) is 8.35. The van der Waals surface area contributed by atoms with E-state index in [1.54, 1.807) is 0 Å². The van der Waals surface area contributed by atoms with Crippen LogP contribution in [-0.2, 0) is 9.31 Å². The molecule has 0 aromatic heterocycles. The molecule has 5 fully saturated rings. The van der Waals surface area contributed by atoms with Crippen molar-refractivity contribution in [1.29, 1.82) is 0 Å². The summed E-state index contributed by atoms with van der Waals surface area (Å²) in [4.78, 5) is 0. The van der Waals surface area contributed by atoms with Crippen molar-refractivity contribution in [3.8, 4) is 0 Å². The van der Waals surface area contributed by atoms with E-state index < -0.39 is 0 Å². The molecule has 0 aromatic carbocycles. The van der Waals surface area contributed by atoms with Crippen LogP contribution in [0.2, 0.25) is 5.82 Å². The van der Waals surface area contributed by atoms with Crippen molar-refractivity contribution in [2.45, 2.75) is 83.2 Å². The summed E-state index contributed by atoms with van der Waals surface area (Å²) in [5.74, 6) is 2.23. The van der Waals surface area contributed by atoms with Crippen molar-refractivity contribution in [3.05, 3.63) is 0 Å². The molecular formula is C16H27BO2. The van der Waals surface area contributed by atoms with Crippen molar-refractivity contribution in [2.75, 3.05) is 0 Å². The molecular weight excluding hydrogens is 235 g/mol. The van der Waals surface area contributed by atoms with Crippen molar-refractivity contribution in [2.24, 2.45) is 17.3 Å². The van der Waals surface area contributed by atoms with Gasteiger partial charge < -0.3 is 9.31 Å². The van der Waals surface area contributed by atoms with E-state index >= 15 is 0 Å². The molecule has 1 saturated heterocycles. The van der Waals surface area contributed by atoms with Crippen LogP contribution in [0.5, 0.6) is 0 Å². The molecule has 1 heterocycles. The van der Waals surface area contributed by atoms with Gasteiger partial charge in [-0.05, 0) is 42.8 Å². The van der Waals surface area contributed by atoms with Gasteiger partial charge >= 0.3 is 7.12 Å². The third-order valence-corrected chi connectivity index (χ3v) is 7.00. The molecule has 4 aliphatic carbocycles. The molecule has 5 aliphatic rings. The van der Waals surface area contributed by atoms with Crippen LogP contribution >= 0.6 is 0 Å². The van der Waals surface area contributed by atoms with Crippen LogP contribution in [0.1, 0.15) is 65.7 Å². The van der Waals surface area contributed by atoms with Crippen molar-refractivity contribution < 1.29 is 9.31 Å². The summed E-state index contributed by atoms with van der Waals surface area (Å²) in [6.45, 7) is 7.21. The molecule has 4 atom stereocenters. The van der Waals surface area contributed by atoms with Crippen molar-refractivity contribution in [3.63, 3.8) is 0 Å². The first-order valence-corrected chi connectivity index (χ1v) is 8.35. The van der Waals surface area contributed by atoms with E-state index in [-0.39, 0.29) is 12.7 Å².